The molecule has 2 rings (SSSR count). The lowest BCUT2D eigenvalue weighted by Crippen LogP contribution is -2.13. The fourth-order valence-corrected chi connectivity index (χ4v) is 1.90. The summed E-state index contributed by atoms with van der Waals surface area (Å²) in [5.74, 6) is -1.30. The van der Waals surface area contributed by atoms with Crippen molar-refractivity contribution in [1.29, 1.82) is 10.5 Å². The maximum absolute atomic E-state index is 13.3. The summed E-state index contributed by atoms with van der Waals surface area (Å²) in [6, 6.07) is 11.9. The van der Waals surface area contributed by atoms with Crippen molar-refractivity contribution in [2.24, 2.45) is 0 Å². The van der Waals surface area contributed by atoms with E-state index in [1.807, 2.05) is 12.1 Å². The Morgan fingerprint density at radius 2 is 1.86 bits per heavy atom. The zero-order valence-electron chi connectivity index (χ0n) is 10.5. The van der Waals surface area contributed by atoms with Crippen molar-refractivity contribution in [3.05, 3.63) is 63.9 Å². The summed E-state index contributed by atoms with van der Waals surface area (Å²) >= 11 is 5.73. The smallest absolute Gasteiger partial charge is 0.257 e. The summed E-state index contributed by atoms with van der Waals surface area (Å²) in [6.45, 7) is 0. The second-order valence-electron chi connectivity index (χ2n) is 4.04. The number of hydrogen-bond donors (Lipinski definition) is 1. The minimum Gasteiger partial charge on any atom is -0.322 e. The zero-order chi connectivity index (χ0) is 15.4. The first kappa shape index (κ1) is 14.5. The van der Waals surface area contributed by atoms with E-state index in [1.54, 1.807) is 0 Å². The van der Waals surface area contributed by atoms with Gasteiger partial charge in [-0.15, -0.1) is 0 Å². The molecule has 0 bridgehead atoms. The van der Waals surface area contributed by atoms with Gasteiger partial charge in [0, 0.05) is 5.69 Å². The Labute approximate surface area is 125 Å². The molecule has 2 aromatic carbocycles. The van der Waals surface area contributed by atoms with Crippen LogP contribution in [0.1, 0.15) is 21.5 Å². The van der Waals surface area contributed by atoms with E-state index in [9.17, 15) is 9.18 Å². The van der Waals surface area contributed by atoms with E-state index < -0.39 is 11.7 Å². The Kier molecular flexibility index (Phi) is 4.18. The number of amides is 1. The van der Waals surface area contributed by atoms with Crippen LogP contribution in [0.25, 0.3) is 0 Å². The molecule has 0 saturated carbocycles. The molecule has 0 radical (unpaired) electrons. The summed E-state index contributed by atoms with van der Waals surface area (Å²) in [5, 5.41) is 20.0. The van der Waals surface area contributed by atoms with Gasteiger partial charge in [0.1, 0.15) is 18.0 Å². The third kappa shape index (κ3) is 3.00. The van der Waals surface area contributed by atoms with Gasteiger partial charge in [-0.2, -0.15) is 10.5 Å². The van der Waals surface area contributed by atoms with Crippen molar-refractivity contribution in [2.45, 2.75) is 0 Å². The van der Waals surface area contributed by atoms with Gasteiger partial charge in [0.25, 0.3) is 5.91 Å². The van der Waals surface area contributed by atoms with Gasteiger partial charge in [-0.3, -0.25) is 4.79 Å². The molecule has 102 valence electrons. The summed E-state index contributed by atoms with van der Waals surface area (Å²) in [7, 11) is 0. The molecule has 0 aliphatic rings. The fraction of sp³-hybridized carbons (Fsp3) is 0. The van der Waals surface area contributed by atoms with Crippen LogP contribution >= 0.6 is 11.6 Å². The number of benzene rings is 2. The van der Waals surface area contributed by atoms with Crippen LogP contribution in [-0.4, -0.2) is 5.91 Å². The molecular formula is C15H7ClFN3O. The number of nitriles is 2. The van der Waals surface area contributed by atoms with Gasteiger partial charge in [0.15, 0.2) is 0 Å². The lowest BCUT2D eigenvalue weighted by atomic mass is 10.1. The highest BCUT2D eigenvalue weighted by molar-refractivity contribution is 6.34. The molecule has 4 nitrogen and oxygen atoms in total. The molecule has 0 fully saturated rings. The molecule has 0 heterocycles. The molecule has 6 heteroatoms. The molecule has 0 spiro atoms. The Balaban J connectivity index is 2.31. The Morgan fingerprint density at radius 3 is 2.52 bits per heavy atom. The van der Waals surface area contributed by atoms with Gasteiger partial charge in [-0.25, -0.2) is 4.39 Å². The molecular weight excluding hydrogens is 293 g/mol. The van der Waals surface area contributed by atoms with Gasteiger partial charge >= 0.3 is 0 Å². The zero-order valence-corrected chi connectivity index (χ0v) is 11.3. The highest BCUT2D eigenvalue weighted by Gasteiger charge is 2.14. The summed E-state index contributed by atoms with van der Waals surface area (Å²) in [6.07, 6.45) is 0. The van der Waals surface area contributed by atoms with E-state index >= 15 is 0 Å². The Morgan fingerprint density at radius 1 is 1.14 bits per heavy atom. The van der Waals surface area contributed by atoms with E-state index in [-0.39, 0.29) is 21.7 Å². The number of hydrogen-bond acceptors (Lipinski definition) is 3. The first-order valence-corrected chi connectivity index (χ1v) is 6.14. The topological polar surface area (TPSA) is 76.7 Å². The molecule has 0 unspecified atom stereocenters. The van der Waals surface area contributed by atoms with Gasteiger partial charge in [-0.1, -0.05) is 17.7 Å². The van der Waals surface area contributed by atoms with Crippen LogP contribution in [0.5, 0.6) is 0 Å². The van der Waals surface area contributed by atoms with Crippen molar-refractivity contribution < 1.29 is 9.18 Å². The number of carbonyl (C=O) groups is 1. The van der Waals surface area contributed by atoms with Crippen molar-refractivity contribution >= 4 is 23.2 Å². The SMILES string of the molecule is N#Cc1ccc(NC(=O)c2cccc(F)c2Cl)cc1C#N. The van der Waals surface area contributed by atoms with E-state index in [0.717, 1.165) is 6.07 Å². The van der Waals surface area contributed by atoms with Crippen LogP contribution in [0.15, 0.2) is 36.4 Å². The maximum atomic E-state index is 13.3. The van der Waals surface area contributed by atoms with Crippen LogP contribution in [0.2, 0.25) is 5.02 Å². The summed E-state index contributed by atoms with van der Waals surface area (Å²) < 4.78 is 13.3. The first-order valence-electron chi connectivity index (χ1n) is 5.76. The molecule has 0 atom stereocenters. The quantitative estimate of drug-likeness (QED) is 0.922. The second-order valence-corrected chi connectivity index (χ2v) is 4.42. The Hall–Kier alpha value is -2.89. The predicted octanol–water partition coefficient (Wildman–Crippen LogP) is 3.47. The predicted molar refractivity (Wildman–Crippen MR) is 75.2 cm³/mol. The van der Waals surface area contributed by atoms with Crippen molar-refractivity contribution in [3.63, 3.8) is 0 Å². The first-order chi connectivity index (χ1) is 10.1. The monoisotopic (exact) mass is 299 g/mol. The maximum Gasteiger partial charge on any atom is 0.257 e. The highest BCUT2D eigenvalue weighted by Crippen LogP contribution is 2.21. The standard InChI is InChI=1S/C15H7ClFN3O/c16-14-12(2-1-3-13(14)17)15(21)20-11-5-4-9(7-18)10(6-11)8-19/h1-6H,(H,20,21). The second kappa shape index (κ2) is 6.04. The molecule has 2 aromatic rings. The van der Waals surface area contributed by atoms with Crippen molar-refractivity contribution in [1.82, 2.24) is 0 Å². The number of carbonyl (C=O) groups excluding carboxylic acids is 1. The molecule has 0 aliphatic carbocycles. The van der Waals surface area contributed by atoms with E-state index in [4.69, 9.17) is 22.1 Å². The number of anilines is 1. The average molecular weight is 300 g/mol. The minimum atomic E-state index is -0.693. The van der Waals surface area contributed by atoms with E-state index in [1.165, 1.54) is 30.3 Å². The Bertz CT molecular complexity index is 806. The van der Waals surface area contributed by atoms with Crippen LogP contribution in [0.3, 0.4) is 0 Å². The highest BCUT2D eigenvalue weighted by atomic mass is 35.5. The fourth-order valence-electron chi connectivity index (χ4n) is 1.69. The van der Waals surface area contributed by atoms with Crippen LogP contribution in [0.4, 0.5) is 10.1 Å². The summed E-state index contributed by atoms with van der Waals surface area (Å²) in [5.41, 5.74) is 0.648. The molecule has 0 saturated heterocycles. The number of halogens is 2. The van der Waals surface area contributed by atoms with Crippen LogP contribution in [-0.2, 0) is 0 Å². The van der Waals surface area contributed by atoms with Gasteiger partial charge in [0.05, 0.1) is 21.7 Å². The molecule has 0 aliphatic heterocycles. The third-order valence-electron chi connectivity index (χ3n) is 2.71. The van der Waals surface area contributed by atoms with Gasteiger partial charge < -0.3 is 5.32 Å². The van der Waals surface area contributed by atoms with E-state index in [2.05, 4.69) is 5.32 Å². The molecule has 1 amide bonds. The van der Waals surface area contributed by atoms with Crippen LogP contribution < -0.4 is 5.32 Å². The molecule has 1 N–H and O–H groups in total. The van der Waals surface area contributed by atoms with Crippen molar-refractivity contribution in [3.8, 4) is 12.1 Å². The lowest BCUT2D eigenvalue weighted by molar-refractivity contribution is 0.102. The summed E-state index contributed by atoms with van der Waals surface area (Å²) in [4.78, 5) is 12.0. The molecule has 21 heavy (non-hydrogen) atoms. The largest absolute Gasteiger partial charge is 0.322 e. The van der Waals surface area contributed by atoms with E-state index in [0.29, 0.717) is 5.69 Å². The van der Waals surface area contributed by atoms with Gasteiger partial charge in [-0.05, 0) is 30.3 Å². The number of nitrogens with one attached hydrogen (secondary N) is 1. The minimum absolute atomic E-state index is 0.0143. The van der Waals surface area contributed by atoms with Crippen molar-refractivity contribution in [2.75, 3.05) is 5.32 Å². The average Bonchev–Trinajstić information content (AvgIpc) is 2.49. The lowest BCUT2D eigenvalue weighted by Gasteiger charge is -2.08. The normalized spacial score (nSPS) is 9.52. The third-order valence-corrected chi connectivity index (χ3v) is 3.10. The van der Waals surface area contributed by atoms with Gasteiger partial charge in [0.2, 0.25) is 0 Å². The number of rotatable bonds is 2. The molecule has 0 aromatic heterocycles. The number of nitrogens with zero attached hydrogens (tertiary/aromatic N) is 2. The van der Waals surface area contributed by atoms with Crippen LogP contribution in [0, 0.1) is 28.5 Å².